The predicted molar refractivity (Wildman–Crippen MR) is 74.7 cm³/mol. The van der Waals surface area contributed by atoms with Crippen molar-refractivity contribution >= 4 is 17.4 Å². The molecule has 0 saturated heterocycles. The Bertz CT molecular complexity index is 626. The summed E-state index contributed by atoms with van der Waals surface area (Å²) in [7, 11) is 1.80. The van der Waals surface area contributed by atoms with Crippen LogP contribution in [0.25, 0.3) is 0 Å². The average Bonchev–Trinajstić information content (AvgIpc) is 2.54. The maximum absolute atomic E-state index is 12.3. The van der Waals surface area contributed by atoms with E-state index < -0.39 is 0 Å². The molecule has 2 heterocycles. The van der Waals surface area contributed by atoms with E-state index in [1.165, 1.54) is 0 Å². The molecule has 0 bridgehead atoms. The number of aromatic nitrogens is 3. The third kappa shape index (κ3) is 2.84. The SMILES string of the molecule is Cc1cc(C(=O)Cc2c(Cl)c(C)nn2C)cc(C)n1. The van der Waals surface area contributed by atoms with Crippen LogP contribution in [0.15, 0.2) is 12.1 Å². The number of carbonyl (C=O) groups excluding carboxylic acids is 1. The highest BCUT2D eigenvalue weighted by atomic mass is 35.5. The minimum Gasteiger partial charge on any atom is -0.294 e. The molecule has 0 amide bonds. The van der Waals surface area contributed by atoms with Crippen molar-refractivity contribution in [1.82, 2.24) is 14.8 Å². The van der Waals surface area contributed by atoms with Gasteiger partial charge in [-0.25, -0.2) is 0 Å². The molecule has 0 aromatic carbocycles. The van der Waals surface area contributed by atoms with Crippen LogP contribution >= 0.6 is 11.6 Å². The molecule has 4 nitrogen and oxygen atoms in total. The molecule has 0 aliphatic heterocycles. The van der Waals surface area contributed by atoms with E-state index in [1.807, 2.05) is 20.8 Å². The van der Waals surface area contributed by atoms with E-state index in [9.17, 15) is 4.79 Å². The zero-order valence-electron chi connectivity index (χ0n) is 11.5. The second-order valence-electron chi connectivity index (χ2n) is 4.71. The lowest BCUT2D eigenvalue weighted by atomic mass is 10.1. The smallest absolute Gasteiger partial charge is 0.168 e. The Labute approximate surface area is 117 Å². The monoisotopic (exact) mass is 277 g/mol. The second-order valence-corrected chi connectivity index (χ2v) is 5.09. The Hall–Kier alpha value is -1.68. The quantitative estimate of drug-likeness (QED) is 0.811. The highest BCUT2D eigenvalue weighted by Gasteiger charge is 2.16. The van der Waals surface area contributed by atoms with Crippen molar-refractivity contribution in [3.05, 3.63) is 45.5 Å². The van der Waals surface area contributed by atoms with Crippen molar-refractivity contribution in [3.63, 3.8) is 0 Å². The predicted octanol–water partition coefficient (Wildman–Crippen LogP) is 2.82. The van der Waals surface area contributed by atoms with Gasteiger partial charge in [0.2, 0.25) is 0 Å². The number of nitrogens with zero attached hydrogens (tertiary/aromatic N) is 3. The molecule has 5 heteroatoms. The van der Waals surface area contributed by atoms with Crippen LogP contribution in [0, 0.1) is 20.8 Å². The number of pyridine rings is 1. The summed E-state index contributed by atoms with van der Waals surface area (Å²) in [4.78, 5) is 16.6. The van der Waals surface area contributed by atoms with Gasteiger partial charge in [0.1, 0.15) is 0 Å². The lowest BCUT2D eigenvalue weighted by Gasteiger charge is -2.05. The molecule has 100 valence electrons. The topological polar surface area (TPSA) is 47.8 Å². The number of rotatable bonds is 3. The van der Waals surface area contributed by atoms with Crippen LogP contribution in [0.1, 0.15) is 33.1 Å². The second kappa shape index (κ2) is 5.13. The largest absolute Gasteiger partial charge is 0.294 e. The van der Waals surface area contributed by atoms with Gasteiger partial charge in [-0.2, -0.15) is 5.10 Å². The zero-order chi connectivity index (χ0) is 14.2. The summed E-state index contributed by atoms with van der Waals surface area (Å²) in [6.07, 6.45) is 0.249. The zero-order valence-corrected chi connectivity index (χ0v) is 12.2. The standard InChI is InChI=1S/C14H16ClN3O/c1-8-5-11(6-9(2)16-8)13(19)7-12-14(15)10(3)17-18(12)4/h5-6H,7H2,1-4H3. The summed E-state index contributed by atoms with van der Waals surface area (Å²) in [5.41, 5.74) is 3.84. The van der Waals surface area contributed by atoms with E-state index in [4.69, 9.17) is 11.6 Å². The lowest BCUT2D eigenvalue weighted by molar-refractivity contribution is 0.0990. The van der Waals surface area contributed by atoms with E-state index >= 15 is 0 Å². The Morgan fingerprint density at radius 2 is 1.84 bits per heavy atom. The highest BCUT2D eigenvalue weighted by molar-refractivity contribution is 6.32. The first-order chi connectivity index (χ1) is 8.88. The number of hydrogen-bond acceptors (Lipinski definition) is 3. The number of hydrogen-bond donors (Lipinski definition) is 0. The molecule has 2 aromatic heterocycles. The Balaban J connectivity index is 2.30. The third-order valence-corrected chi connectivity index (χ3v) is 3.48. The van der Waals surface area contributed by atoms with Gasteiger partial charge in [0.15, 0.2) is 5.78 Å². The molecule has 0 N–H and O–H groups in total. The molecular formula is C14H16ClN3O. The van der Waals surface area contributed by atoms with Gasteiger partial charge in [-0.3, -0.25) is 14.5 Å². The fourth-order valence-electron chi connectivity index (χ4n) is 2.12. The minimum absolute atomic E-state index is 0.0264. The van der Waals surface area contributed by atoms with Crippen LogP contribution < -0.4 is 0 Å². The van der Waals surface area contributed by atoms with Gasteiger partial charge < -0.3 is 0 Å². The van der Waals surface area contributed by atoms with Gasteiger partial charge in [0.25, 0.3) is 0 Å². The van der Waals surface area contributed by atoms with Crippen molar-refractivity contribution in [1.29, 1.82) is 0 Å². The van der Waals surface area contributed by atoms with E-state index in [0.717, 1.165) is 22.8 Å². The summed E-state index contributed by atoms with van der Waals surface area (Å²) in [6.45, 7) is 5.59. The first kappa shape index (κ1) is 13.7. The summed E-state index contributed by atoms with van der Waals surface area (Å²) in [6, 6.07) is 3.60. The van der Waals surface area contributed by atoms with Gasteiger partial charge >= 0.3 is 0 Å². The molecule has 0 unspecified atom stereocenters. The highest BCUT2D eigenvalue weighted by Crippen LogP contribution is 2.21. The maximum Gasteiger partial charge on any atom is 0.168 e. The number of aryl methyl sites for hydroxylation is 4. The first-order valence-corrected chi connectivity index (χ1v) is 6.42. The Kier molecular flexibility index (Phi) is 3.71. The van der Waals surface area contributed by atoms with Crippen molar-refractivity contribution in [3.8, 4) is 0 Å². The van der Waals surface area contributed by atoms with Gasteiger partial charge in [-0.1, -0.05) is 11.6 Å². The molecule has 0 atom stereocenters. The van der Waals surface area contributed by atoms with Gasteiger partial charge in [-0.05, 0) is 32.9 Å². The molecule has 0 saturated carbocycles. The summed E-state index contributed by atoms with van der Waals surface area (Å²) >= 11 is 6.16. The molecule has 0 aliphatic rings. The third-order valence-electron chi connectivity index (χ3n) is 2.99. The van der Waals surface area contributed by atoms with E-state index in [-0.39, 0.29) is 12.2 Å². The number of halogens is 1. The van der Waals surface area contributed by atoms with Crippen LogP contribution in [0.4, 0.5) is 0 Å². The molecular weight excluding hydrogens is 262 g/mol. The number of carbonyl (C=O) groups is 1. The summed E-state index contributed by atoms with van der Waals surface area (Å²) in [5, 5.41) is 4.78. The number of ketones is 1. The van der Waals surface area contributed by atoms with Crippen LogP contribution in [0.5, 0.6) is 0 Å². The van der Waals surface area contributed by atoms with E-state index in [1.54, 1.807) is 23.9 Å². The lowest BCUT2D eigenvalue weighted by Crippen LogP contribution is -2.09. The Morgan fingerprint density at radius 3 is 2.32 bits per heavy atom. The summed E-state index contributed by atoms with van der Waals surface area (Å²) < 4.78 is 1.66. The minimum atomic E-state index is 0.0264. The molecule has 19 heavy (non-hydrogen) atoms. The normalized spacial score (nSPS) is 10.8. The molecule has 2 rings (SSSR count). The molecule has 0 radical (unpaired) electrons. The van der Waals surface area contributed by atoms with Crippen LogP contribution in [0.3, 0.4) is 0 Å². The first-order valence-electron chi connectivity index (χ1n) is 6.05. The number of Topliss-reactive ketones (excluding diaryl/α,β-unsaturated/α-hetero) is 1. The van der Waals surface area contributed by atoms with Gasteiger partial charge in [0, 0.05) is 24.0 Å². The van der Waals surface area contributed by atoms with Crippen molar-refractivity contribution in [2.75, 3.05) is 0 Å². The van der Waals surface area contributed by atoms with Crippen LogP contribution in [-0.2, 0) is 13.5 Å². The molecule has 2 aromatic rings. The fourth-order valence-corrected chi connectivity index (χ4v) is 2.35. The van der Waals surface area contributed by atoms with E-state index in [0.29, 0.717) is 10.6 Å². The average molecular weight is 278 g/mol. The Morgan fingerprint density at radius 1 is 1.26 bits per heavy atom. The van der Waals surface area contributed by atoms with Crippen molar-refractivity contribution in [2.45, 2.75) is 27.2 Å². The molecule has 0 spiro atoms. The van der Waals surface area contributed by atoms with Crippen LogP contribution in [0.2, 0.25) is 5.02 Å². The molecule has 0 fully saturated rings. The van der Waals surface area contributed by atoms with Gasteiger partial charge in [0.05, 0.1) is 22.8 Å². The van der Waals surface area contributed by atoms with Crippen molar-refractivity contribution < 1.29 is 4.79 Å². The maximum atomic E-state index is 12.3. The van der Waals surface area contributed by atoms with E-state index in [2.05, 4.69) is 10.1 Å². The van der Waals surface area contributed by atoms with Crippen molar-refractivity contribution in [2.24, 2.45) is 7.05 Å². The van der Waals surface area contributed by atoms with Gasteiger partial charge in [-0.15, -0.1) is 0 Å². The molecule has 0 aliphatic carbocycles. The fraction of sp³-hybridized carbons (Fsp3) is 0.357. The summed E-state index contributed by atoms with van der Waals surface area (Å²) in [5.74, 6) is 0.0264. The van der Waals surface area contributed by atoms with Crippen LogP contribution in [-0.4, -0.2) is 20.5 Å².